The highest BCUT2D eigenvalue weighted by molar-refractivity contribution is 5.86. The maximum Gasteiger partial charge on any atom is 0.333 e. The molecule has 1 unspecified atom stereocenters. The van der Waals surface area contributed by atoms with Gasteiger partial charge in [-0.05, 0) is 86.8 Å². The van der Waals surface area contributed by atoms with Crippen LogP contribution in [0.3, 0.4) is 0 Å². The van der Waals surface area contributed by atoms with Gasteiger partial charge in [-0.25, -0.2) is 9.18 Å². The molecule has 0 heterocycles. The molecule has 31 heavy (non-hydrogen) atoms. The van der Waals surface area contributed by atoms with E-state index in [1.807, 2.05) is 6.07 Å². The first-order valence-electron chi connectivity index (χ1n) is 12.2. The number of hydrogen-bond acceptors (Lipinski definition) is 3. The van der Waals surface area contributed by atoms with E-state index in [1.165, 1.54) is 38.5 Å². The second kappa shape index (κ2) is 13.7. The van der Waals surface area contributed by atoms with Crippen LogP contribution in [-0.2, 0) is 16.0 Å². The fourth-order valence-electron chi connectivity index (χ4n) is 4.73. The number of rotatable bonds is 13. The molecule has 1 aromatic carbocycles. The molecule has 1 aromatic rings. The molecular formula is C27H41FO3. The zero-order valence-electron chi connectivity index (χ0n) is 19.5. The third kappa shape index (κ3) is 8.76. The number of aliphatic hydroxyl groups is 1. The molecule has 1 aliphatic carbocycles. The molecule has 174 valence electrons. The highest BCUT2D eigenvalue weighted by Gasteiger charge is 2.23. The molecular weight excluding hydrogens is 391 g/mol. The maximum atomic E-state index is 14.9. The van der Waals surface area contributed by atoms with E-state index in [4.69, 9.17) is 4.74 Å². The van der Waals surface area contributed by atoms with E-state index in [2.05, 4.69) is 19.6 Å². The summed E-state index contributed by atoms with van der Waals surface area (Å²) in [6.45, 7) is 7.74. The molecule has 0 radical (unpaired) electrons. The smallest absolute Gasteiger partial charge is 0.333 e. The Balaban J connectivity index is 1.87. The Morgan fingerprint density at radius 2 is 1.97 bits per heavy atom. The molecule has 2 rings (SSSR count). The van der Waals surface area contributed by atoms with Crippen LogP contribution in [0.2, 0.25) is 0 Å². The summed E-state index contributed by atoms with van der Waals surface area (Å²) in [6, 6.07) is 5.74. The van der Waals surface area contributed by atoms with Crippen LogP contribution in [0.1, 0.15) is 95.1 Å². The molecule has 0 spiro atoms. The van der Waals surface area contributed by atoms with Gasteiger partial charge in [-0.2, -0.15) is 0 Å². The molecule has 1 atom stereocenters. The minimum atomic E-state index is -0.404. The summed E-state index contributed by atoms with van der Waals surface area (Å²) in [5.41, 5.74) is 2.18. The fourth-order valence-corrected chi connectivity index (χ4v) is 4.73. The first kappa shape index (κ1) is 25.6. The molecule has 1 N–H and O–H groups in total. The van der Waals surface area contributed by atoms with Crippen molar-refractivity contribution >= 4 is 5.97 Å². The topological polar surface area (TPSA) is 46.5 Å². The summed E-state index contributed by atoms with van der Waals surface area (Å²) in [7, 11) is 0. The van der Waals surface area contributed by atoms with Crippen molar-refractivity contribution < 1.29 is 19.0 Å². The Morgan fingerprint density at radius 3 is 2.58 bits per heavy atom. The van der Waals surface area contributed by atoms with Gasteiger partial charge < -0.3 is 9.84 Å². The quantitative estimate of drug-likeness (QED) is 0.213. The van der Waals surface area contributed by atoms with Crippen LogP contribution in [0.25, 0.3) is 0 Å². The Bertz CT molecular complexity index is 692. The number of carbonyl (C=O) groups excluding carboxylic acids is 1. The molecule has 0 aliphatic heterocycles. The monoisotopic (exact) mass is 432 g/mol. The number of carbonyl (C=O) groups is 1. The Morgan fingerprint density at radius 1 is 1.23 bits per heavy atom. The number of hydrogen-bond donors (Lipinski definition) is 1. The van der Waals surface area contributed by atoms with E-state index in [9.17, 15) is 14.3 Å². The van der Waals surface area contributed by atoms with Crippen molar-refractivity contribution in [3.63, 3.8) is 0 Å². The first-order chi connectivity index (χ1) is 14.9. The molecule has 3 nitrogen and oxygen atoms in total. The first-order valence-corrected chi connectivity index (χ1v) is 12.2. The molecule has 0 saturated heterocycles. The van der Waals surface area contributed by atoms with E-state index in [0.29, 0.717) is 36.3 Å². The predicted octanol–water partition coefficient (Wildman–Crippen LogP) is 6.73. The number of esters is 1. The normalized spacial score (nSPS) is 19.7. The average Bonchev–Trinajstić information content (AvgIpc) is 2.75. The van der Waals surface area contributed by atoms with Crippen molar-refractivity contribution in [3.05, 3.63) is 47.3 Å². The summed E-state index contributed by atoms with van der Waals surface area (Å²) in [5.74, 6) is 0.843. The van der Waals surface area contributed by atoms with Gasteiger partial charge in [0, 0.05) is 12.2 Å². The van der Waals surface area contributed by atoms with Crippen molar-refractivity contribution in [2.45, 2.75) is 90.4 Å². The summed E-state index contributed by atoms with van der Waals surface area (Å²) in [6.07, 6.45) is 11.9. The Hall–Kier alpha value is -1.68. The number of unbranched alkanes of at least 4 members (excludes halogenated alkanes) is 2. The van der Waals surface area contributed by atoms with Gasteiger partial charge in [0.15, 0.2) is 0 Å². The van der Waals surface area contributed by atoms with Crippen molar-refractivity contribution in [3.8, 4) is 0 Å². The van der Waals surface area contributed by atoms with Crippen molar-refractivity contribution in [2.24, 2.45) is 11.8 Å². The van der Waals surface area contributed by atoms with E-state index >= 15 is 0 Å². The van der Waals surface area contributed by atoms with E-state index in [0.717, 1.165) is 24.3 Å². The fraction of sp³-hybridized carbons (Fsp3) is 0.667. The van der Waals surface area contributed by atoms with Gasteiger partial charge in [0.05, 0.1) is 6.61 Å². The molecule has 1 saturated carbocycles. The SMILES string of the molecule is C=C(C)C(=O)OCCC(CCO)Cc1ccc(C2CCC(CCCCC)CC2)cc1F. The number of aliphatic hydroxyl groups excluding tert-OH is 1. The van der Waals surface area contributed by atoms with E-state index in [-0.39, 0.29) is 24.9 Å². The van der Waals surface area contributed by atoms with Gasteiger partial charge in [0.25, 0.3) is 0 Å². The summed E-state index contributed by atoms with van der Waals surface area (Å²) < 4.78 is 20.1. The summed E-state index contributed by atoms with van der Waals surface area (Å²) >= 11 is 0. The zero-order chi connectivity index (χ0) is 22.6. The second-order valence-electron chi connectivity index (χ2n) is 9.35. The lowest BCUT2D eigenvalue weighted by Gasteiger charge is -2.29. The number of halogens is 1. The van der Waals surface area contributed by atoms with Crippen LogP contribution in [0.15, 0.2) is 30.4 Å². The van der Waals surface area contributed by atoms with Crippen LogP contribution in [0.4, 0.5) is 4.39 Å². The highest BCUT2D eigenvalue weighted by atomic mass is 19.1. The number of benzene rings is 1. The van der Waals surface area contributed by atoms with Crippen molar-refractivity contribution in [1.29, 1.82) is 0 Å². The predicted molar refractivity (Wildman–Crippen MR) is 125 cm³/mol. The largest absolute Gasteiger partial charge is 0.462 e. The maximum absolute atomic E-state index is 14.9. The lowest BCUT2D eigenvalue weighted by atomic mass is 9.77. The third-order valence-corrected chi connectivity index (χ3v) is 6.76. The van der Waals surface area contributed by atoms with Gasteiger partial charge in [-0.3, -0.25) is 0 Å². The van der Waals surface area contributed by atoms with Gasteiger partial charge in [-0.1, -0.05) is 51.3 Å². The van der Waals surface area contributed by atoms with Gasteiger partial charge in [0.2, 0.25) is 0 Å². The molecule has 0 amide bonds. The number of ether oxygens (including phenoxy) is 1. The van der Waals surface area contributed by atoms with Crippen LogP contribution >= 0.6 is 0 Å². The lowest BCUT2D eigenvalue weighted by molar-refractivity contribution is -0.139. The molecule has 0 aromatic heterocycles. The highest BCUT2D eigenvalue weighted by Crippen LogP contribution is 2.38. The van der Waals surface area contributed by atoms with Gasteiger partial charge >= 0.3 is 5.97 Å². The Labute approximate surface area is 188 Å². The van der Waals surface area contributed by atoms with Crippen molar-refractivity contribution in [2.75, 3.05) is 13.2 Å². The van der Waals surface area contributed by atoms with Gasteiger partial charge in [0.1, 0.15) is 5.82 Å². The third-order valence-electron chi connectivity index (χ3n) is 6.76. The van der Waals surface area contributed by atoms with Crippen LogP contribution in [0.5, 0.6) is 0 Å². The average molecular weight is 433 g/mol. The van der Waals surface area contributed by atoms with Crippen molar-refractivity contribution in [1.82, 2.24) is 0 Å². The zero-order valence-corrected chi connectivity index (χ0v) is 19.5. The van der Waals surface area contributed by atoms with E-state index in [1.54, 1.807) is 13.0 Å². The minimum Gasteiger partial charge on any atom is -0.462 e. The second-order valence-corrected chi connectivity index (χ2v) is 9.35. The minimum absolute atomic E-state index is 0.0420. The summed E-state index contributed by atoms with van der Waals surface area (Å²) in [4.78, 5) is 11.5. The van der Waals surface area contributed by atoms with Crippen LogP contribution in [-0.4, -0.2) is 24.3 Å². The standard InChI is InChI=1S/C27H41FO3/c1-4-5-6-7-21-8-10-23(11-9-21)24-12-13-25(26(28)19-24)18-22(14-16-29)15-17-31-27(30)20(2)3/h12-13,19,21-23,29H,2,4-11,14-18H2,1,3H3. The molecule has 4 heteroatoms. The molecule has 0 bridgehead atoms. The van der Waals surface area contributed by atoms with Gasteiger partial charge in [-0.15, -0.1) is 0 Å². The lowest BCUT2D eigenvalue weighted by Crippen LogP contribution is -2.15. The molecule has 1 fully saturated rings. The van der Waals surface area contributed by atoms with E-state index < -0.39 is 5.97 Å². The Kier molecular flexibility index (Phi) is 11.3. The van der Waals surface area contributed by atoms with Crippen LogP contribution in [0, 0.1) is 17.7 Å². The summed E-state index contributed by atoms with van der Waals surface area (Å²) in [5, 5.41) is 9.37. The molecule has 1 aliphatic rings. The van der Waals surface area contributed by atoms with Crippen LogP contribution < -0.4 is 0 Å².